The minimum absolute atomic E-state index is 0.0141. The highest BCUT2D eigenvalue weighted by molar-refractivity contribution is 5.46. The van der Waals surface area contributed by atoms with E-state index in [1.165, 1.54) is 25.0 Å². The van der Waals surface area contributed by atoms with Gasteiger partial charge in [0.1, 0.15) is 18.1 Å². The molecule has 1 aliphatic rings. The van der Waals surface area contributed by atoms with E-state index >= 15 is 0 Å². The molecule has 0 saturated carbocycles. The Balaban J connectivity index is 2.05. The maximum Gasteiger partial charge on any atom is 0.276 e. The normalized spacial score (nSPS) is 18.5. The number of nitro groups is 1. The lowest BCUT2D eigenvalue weighted by atomic mass is 10.1. The van der Waals surface area contributed by atoms with Crippen LogP contribution in [0.15, 0.2) is 18.2 Å². The SMILES string of the molecule is CC(C)Oc1cc(OCC2CCCCN2)cc([N+](=O)[O-])c1. The van der Waals surface area contributed by atoms with Crippen LogP contribution in [-0.2, 0) is 0 Å². The van der Waals surface area contributed by atoms with Gasteiger partial charge in [0, 0.05) is 12.1 Å². The number of benzene rings is 1. The van der Waals surface area contributed by atoms with Gasteiger partial charge in [-0.1, -0.05) is 6.42 Å². The van der Waals surface area contributed by atoms with Crippen LogP contribution >= 0.6 is 0 Å². The third-order valence-electron chi connectivity index (χ3n) is 3.31. The fourth-order valence-corrected chi connectivity index (χ4v) is 2.35. The van der Waals surface area contributed by atoms with E-state index in [-0.39, 0.29) is 11.8 Å². The number of nitrogens with one attached hydrogen (secondary N) is 1. The predicted molar refractivity (Wildman–Crippen MR) is 80.0 cm³/mol. The summed E-state index contributed by atoms with van der Waals surface area (Å²) in [5.41, 5.74) is -0.0141. The van der Waals surface area contributed by atoms with Gasteiger partial charge in [-0.05, 0) is 33.2 Å². The summed E-state index contributed by atoms with van der Waals surface area (Å²) in [7, 11) is 0. The standard InChI is InChI=1S/C15H22N2O4/c1-11(2)21-15-8-13(17(18)19)7-14(9-15)20-10-12-5-3-4-6-16-12/h7-9,11-12,16H,3-6,10H2,1-2H3. The Hall–Kier alpha value is -1.82. The molecule has 0 amide bonds. The van der Waals surface area contributed by atoms with Crippen molar-refractivity contribution in [2.45, 2.75) is 45.3 Å². The number of ether oxygens (including phenoxy) is 2. The van der Waals surface area contributed by atoms with E-state index in [4.69, 9.17) is 9.47 Å². The summed E-state index contributed by atoms with van der Waals surface area (Å²) < 4.78 is 11.2. The molecule has 1 heterocycles. The molecule has 0 aliphatic carbocycles. The van der Waals surface area contributed by atoms with Gasteiger partial charge in [0.2, 0.25) is 0 Å². The molecule has 6 nitrogen and oxygen atoms in total. The Kier molecular flexibility index (Phi) is 5.38. The molecule has 1 unspecified atom stereocenters. The smallest absolute Gasteiger partial charge is 0.276 e. The summed E-state index contributed by atoms with van der Waals surface area (Å²) in [6, 6.07) is 4.88. The van der Waals surface area contributed by atoms with Gasteiger partial charge >= 0.3 is 0 Å². The van der Waals surface area contributed by atoms with Crippen molar-refractivity contribution in [3.05, 3.63) is 28.3 Å². The topological polar surface area (TPSA) is 73.6 Å². The molecule has 0 bridgehead atoms. The average Bonchev–Trinajstić information content (AvgIpc) is 2.45. The van der Waals surface area contributed by atoms with E-state index in [1.807, 2.05) is 13.8 Å². The summed E-state index contributed by atoms with van der Waals surface area (Å²) in [6.07, 6.45) is 3.42. The molecule has 1 aromatic carbocycles. The second-order valence-electron chi connectivity index (χ2n) is 5.54. The van der Waals surface area contributed by atoms with Crippen molar-refractivity contribution in [3.8, 4) is 11.5 Å². The third-order valence-corrected chi connectivity index (χ3v) is 3.31. The molecule has 0 aromatic heterocycles. The quantitative estimate of drug-likeness (QED) is 0.645. The van der Waals surface area contributed by atoms with Crippen molar-refractivity contribution in [2.24, 2.45) is 0 Å². The molecule has 0 radical (unpaired) electrons. The Morgan fingerprint density at radius 2 is 2.10 bits per heavy atom. The molecule has 2 rings (SSSR count). The van der Waals surface area contributed by atoms with Crippen molar-refractivity contribution in [1.29, 1.82) is 0 Å². The molecule has 116 valence electrons. The summed E-state index contributed by atoms with van der Waals surface area (Å²) >= 11 is 0. The van der Waals surface area contributed by atoms with Crippen molar-refractivity contribution >= 4 is 5.69 Å². The molecular formula is C15H22N2O4. The molecule has 21 heavy (non-hydrogen) atoms. The second-order valence-corrected chi connectivity index (χ2v) is 5.54. The van der Waals surface area contributed by atoms with E-state index in [0.29, 0.717) is 24.1 Å². The van der Waals surface area contributed by atoms with Gasteiger partial charge in [-0.2, -0.15) is 0 Å². The van der Waals surface area contributed by atoms with Crippen LogP contribution in [0.4, 0.5) is 5.69 Å². The zero-order valence-electron chi connectivity index (χ0n) is 12.5. The highest BCUT2D eigenvalue weighted by atomic mass is 16.6. The summed E-state index contributed by atoms with van der Waals surface area (Å²) in [4.78, 5) is 10.5. The van der Waals surface area contributed by atoms with Gasteiger partial charge in [-0.3, -0.25) is 10.1 Å². The molecule has 6 heteroatoms. The first kappa shape index (κ1) is 15.6. The first-order valence-electron chi connectivity index (χ1n) is 7.37. The first-order valence-corrected chi connectivity index (χ1v) is 7.37. The summed E-state index contributed by atoms with van der Waals surface area (Å²) in [5, 5.41) is 14.4. The van der Waals surface area contributed by atoms with Crippen LogP contribution in [0, 0.1) is 10.1 Å². The molecule has 1 atom stereocenters. The third kappa shape index (κ3) is 4.90. The van der Waals surface area contributed by atoms with E-state index < -0.39 is 4.92 Å². The summed E-state index contributed by atoms with van der Waals surface area (Å²) in [6.45, 7) is 5.28. The van der Waals surface area contributed by atoms with Gasteiger partial charge < -0.3 is 14.8 Å². The second kappa shape index (κ2) is 7.26. The van der Waals surface area contributed by atoms with Gasteiger partial charge in [-0.15, -0.1) is 0 Å². The number of hydrogen-bond donors (Lipinski definition) is 1. The Morgan fingerprint density at radius 3 is 2.71 bits per heavy atom. The minimum Gasteiger partial charge on any atom is -0.492 e. The van der Waals surface area contributed by atoms with Crippen LogP contribution in [0.25, 0.3) is 0 Å². The zero-order chi connectivity index (χ0) is 15.2. The van der Waals surface area contributed by atoms with Crippen LogP contribution in [0.5, 0.6) is 11.5 Å². The van der Waals surface area contributed by atoms with Crippen molar-refractivity contribution in [2.75, 3.05) is 13.2 Å². The summed E-state index contributed by atoms with van der Waals surface area (Å²) in [5.74, 6) is 0.943. The molecule has 1 N–H and O–H groups in total. The van der Waals surface area contributed by atoms with Crippen LogP contribution in [0.1, 0.15) is 33.1 Å². The van der Waals surface area contributed by atoms with E-state index in [2.05, 4.69) is 5.32 Å². The monoisotopic (exact) mass is 294 g/mol. The van der Waals surface area contributed by atoms with Crippen LogP contribution in [-0.4, -0.2) is 30.2 Å². The highest BCUT2D eigenvalue weighted by Gasteiger charge is 2.16. The van der Waals surface area contributed by atoms with Crippen LogP contribution in [0.3, 0.4) is 0 Å². The van der Waals surface area contributed by atoms with E-state index in [1.54, 1.807) is 6.07 Å². The maximum atomic E-state index is 11.0. The van der Waals surface area contributed by atoms with E-state index in [0.717, 1.165) is 13.0 Å². The minimum atomic E-state index is -0.432. The molecule has 0 spiro atoms. The number of nitro benzene ring substituents is 1. The zero-order valence-corrected chi connectivity index (χ0v) is 12.5. The average molecular weight is 294 g/mol. The van der Waals surface area contributed by atoms with Gasteiger partial charge in [0.05, 0.1) is 23.2 Å². The molecule has 1 aromatic rings. The number of non-ortho nitro benzene ring substituents is 1. The number of nitrogens with zero attached hydrogens (tertiary/aromatic N) is 1. The van der Waals surface area contributed by atoms with Gasteiger partial charge in [-0.25, -0.2) is 0 Å². The molecule has 1 saturated heterocycles. The van der Waals surface area contributed by atoms with Crippen LogP contribution < -0.4 is 14.8 Å². The number of rotatable bonds is 6. The fourth-order valence-electron chi connectivity index (χ4n) is 2.35. The molecule has 1 aliphatic heterocycles. The van der Waals surface area contributed by atoms with Gasteiger partial charge in [0.15, 0.2) is 0 Å². The van der Waals surface area contributed by atoms with Gasteiger partial charge in [0.25, 0.3) is 5.69 Å². The number of piperidine rings is 1. The highest BCUT2D eigenvalue weighted by Crippen LogP contribution is 2.28. The lowest BCUT2D eigenvalue weighted by Crippen LogP contribution is -2.38. The van der Waals surface area contributed by atoms with E-state index in [9.17, 15) is 10.1 Å². The lowest BCUT2D eigenvalue weighted by molar-refractivity contribution is -0.385. The largest absolute Gasteiger partial charge is 0.492 e. The maximum absolute atomic E-state index is 11.0. The van der Waals surface area contributed by atoms with Crippen molar-refractivity contribution < 1.29 is 14.4 Å². The molecular weight excluding hydrogens is 272 g/mol. The Bertz CT molecular complexity index is 485. The van der Waals surface area contributed by atoms with Crippen molar-refractivity contribution in [1.82, 2.24) is 5.32 Å². The predicted octanol–water partition coefficient (Wildman–Crippen LogP) is 2.90. The fraction of sp³-hybridized carbons (Fsp3) is 0.600. The van der Waals surface area contributed by atoms with Crippen LogP contribution in [0.2, 0.25) is 0 Å². The Labute approximate surface area is 124 Å². The molecule has 1 fully saturated rings. The Morgan fingerprint density at radius 1 is 1.33 bits per heavy atom. The van der Waals surface area contributed by atoms with Crippen molar-refractivity contribution in [3.63, 3.8) is 0 Å². The first-order chi connectivity index (χ1) is 10.0. The lowest BCUT2D eigenvalue weighted by Gasteiger charge is -2.23. The number of hydrogen-bond acceptors (Lipinski definition) is 5.